The second-order valence-corrected chi connectivity index (χ2v) is 11.7. The zero-order valence-electron chi connectivity index (χ0n) is 19.4. The first kappa shape index (κ1) is 26.1. The van der Waals surface area contributed by atoms with Crippen LogP contribution >= 0.6 is 0 Å². The van der Waals surface area contributed by atoms with Gasteiger partial charge in [0.25, 0.3) is 0 Å². The first-order valence-electron chi connectivity index (χ1n) is 11.0. The molecule has 2 aliphatic heterocycles. The van der Waals surface area contributed by atoms with Crippen LogP contribution in [0.15, 0.2) is 48.5 Å². The highest BCUT2D eigenvalue weighted by Crippen LogP contribution is 2.22. The standard InChI is InChI=1S/C12H18N2O5S2.C10H14N2O/c1-20(15,16)14-9-7-13(8-10-14)11-3-5-12(6-4-11)19-21(2,17)18;13-10-3-1-9(2-4-10)12-7-5-11-6-8-12/h3-6H,7-10H2,1-2H3;1-4,11,13H,5-8H2. The molecule has 10 nitrogen and oxygen atoms in total. The molecule has 0 bridgehead atoms. The molecule has 2 heterocycles. The van der Waals surface area contributed by atoms with Gasteiger partial charge in [-0.05, 0) is 48.5 Å². The van der Waals surface area contributed by atoms with E-state index in [0.29, 0.717) is 31.9 Å². The second kappa shape index (κ2) is 11.3. The smallest absolute Gasteiger partial charge is 0.306 e. The van der Waals surface area contributed by atoms with E-state index in [1.165, 1.54) is 16.2 Å². The van der Waals surface area contributed by atoms with Gasteiger partial charge in [0.05, 0.1) is 12.5 Å². The van der Waals surface area contributed by atoms with E-state index in [9.17, 15) is 16.8 Å². The molecule has 0 aliphatic carbocycles. The third-order valence-corrected chi connectivity index (χ3v) is 7.29. The van der Waals surface area contributed by atoms with Gasteiger partial charge >= 0.3 is 10.1 Å². The van der Waals surface area contributed by atoms with Crippen LogP contribution in [-0.4, -0.2) is 91.1 Å². The van der Waals surface area contributed by atoms with E-state index in [4.69, 9.17) is 9.29 Å². The molecule has 2 N–H and O–H groups in total. The fourth-order valence-electron chi connectivity index (χ4n) is 3.75. The Morgan fingerprint density at radius 2 is 1.21 bits per heavy atom. The van der Waals surface area contributed by atoms with Crippen molar-refractivity contribution in [2.24, 2.45) is 0 Å². The molecule has 12 heteroatoms. The maximum Gasteiger partial charge on any atom is 0.306 e. The Labute approximate surface area is 201 Å². The molecule has 2 aromatic rings. The minimum Gasteiger partial charge on any atom is -0.508 e. The van der Waals surface area contributed by atoms with Gasteiger partial charge in [-0.15, -0.1) is 0 Å². The monoisotopic (exact) mass is 512 g/mol. The summed E-state index contributed by atoms with van der Waals surface area (Å²) < 4.78 is 51.1. The van der Waals surface area contributed by atoms with Crippen LogP contribution < -0.4 is 19.3 Å². The lowest BCUT2D eigenvalue weighted by Crippen LogP contribution is -2.48. The third kappa shape index (κ3) is 8.05. The Morgan fingerprint density at radius 3 is 1.68 bits per heavy atom. The predicted molar refractivity (Wildman–Crippen MR) is 134 cm³/mol. The summed E-state index contributed by atoms with van der Waals surface area (Å²) in [7, 11) is -6.66. The molecule has 0 amide bonds. The molecule has 0 saturated carbocycles. The number of sulfonamides is 1. The number of phenols is 1. The Bertz CT molecular complexity index is 1120. The van der Waals surface area contributed by atoms with Crippen molar-refractivity contribution in [2.45, 2.75) is 0 Å². The highest BCUT2D eigenvalue weighted by Gasteiger charge is 2.23. The van der Waals surface area contributed by atoms with E-state index in [2.05, 4.69) is 10.2 Å². The number of hydrogen-bond donors (Lipinski definition) is 2. The summed E-state index contributed by atoms with van der Waals surface area (Å²) in [5.41, 5.74) is 2.10. The van der Waals surface area contributed by atoms with Gasteiger partial charge in [-0.2, -0.15) is 12.7 Å². The van der Waals surface area contributed by atoms with Crippen LogP contribution in [0.2, 0.25) is 0 Å². The third-order valence-electron chi connectivity index (χ3n) is 5.49. The van der Waals surface area contributed by atoms with E-state index in [1.807, 2.05) is 17.0 Å². The average Bonchev–Trinajstić information content (AvgIpc) is 2.80. The van der Waals surface area contributed by atoms with Crippen LogP contribution in [0, 0.1) is 0 Å². The van der Waals surface area contributed by atoms with Crippen molar-refractivity contribution < 1.29 is 26.1 Å². The number of anilines is 2. The highest BCUT2D eigenvalue weighted by atomic mass is 32.2. The molecule has 0 spiro atoms. The van der Waals surface area contributed by atoms with Gasteiger partial charge in [-0.25, -0.2) is 8.42 Å². The number of nitrogens with one attached hydrogen (secondary N) is 1. The molecular formula is C22H32N4O6S2. The number of benzene rings is 2. The molecule has 188 valence electrons. The van der Waals surface area contributed by atoms with Gasteiger partial charge in [0.15, 0.2) is 0 Å². The van der Waals surface area contributed by atoms with E-state index in [1.54, 1.807) is 36.4 Å². The maximum absolute atomic E-state index is 11.4. The lowest BCUT2D eigenvalue weighted by molar-refractivity contribution is 0.388. The Morgan fingerprint density at radius 1 is 0.735 bits per heavy atom. The molecule has 0 radical (unpaired) electrons. The molecule has 0 unspecified atom stereocenters. The first-order chi connectivity index (χ1) is 16.0. The average molecular weight is 513 g/mol. The number of piperazine rings is 2. The van der Waals surface area contributed by atoms with Gasteiger partial charge in [0.2, 0.25) is 10.0 Å². The topological polar surface area (TPSA) is 119 Å². The molecular weight excluding hydrogens is 480 g/mol. The number of aromatic hydroxyl groups is 1. The summed E-state index contributed by atoms with van der Waals surface area (Å²) in [6, 6.07) is 14.1. The van der Waals surface area contributed by atoms with Crippen LogP contribution in [0.3, 0.4) is 0 Å². The zero-order chi connectivity index (χ0) is 24.8. The van der Waals surface area contributed by atoms with Crippen molar-refractivity contribution in [3.63, 3.8) is 0 Å². The quantitative estimate of drug-likeness (QED) is 0.563. The van der Waals surface area contributed by atoms with Crippen molar-refractivity contribution in [1.82, 2.24) is 9.62 Å². The fraction of sp³-hybridized carbons (Fsp3) is 0.455. The Balaban J connectivity index is 0.000000212. The summed E-state index contributed by atoms with van der Waals surface area (Å²) in [6.07, 6.45) is 2.20. The van der Waals surface area contributed by atoms with Crippen molar-refractivity contribution in [2.75, 3.05) is 74.7 Å². The molecule has 2 aliphatic rings. The molecule has 34 heavy (non-hydrogen) atoms. The first-order valence-corrected chi connectivity index (χ1v) is 14.6. The molecule has 0 aromatic heterocycles. The number of hydrogen-bond acceptors (Lipinski definition) is 9. The van der Waals surface area contributed by atoms with Gasteiger partial charge in [0.1, 0.15) is 11.5 Å². The van der Waals surface area contributed by atoms with Gasteiger partial charge in [0, 0.05) is 63.7 Å². The van der Waals surface area contributed by atoms with E-state index >= 15 is 0 Å². The van der Waals surface area contributed by atoms with Crippen LogP contribution in [0.4, 0.5) is 11.4 Å². The minimum absolute atomic E-state index is 0.260. The lowest BCUT2D eigenvalue weighted by atomic mass is 10.2. The van der Waals surface area contributed by atoms with E-state index in [-0.39, 0.29) is 5.75 Å². The van der Waals surface area contributed by atoms with Crippen LogP contribution in [0.1, 0.15) is 0 Å². The van der Waals surface area contributed by atoms with Crippen molar-refractivity contribution in [3.05, 3.63) is 48.5 Å². The summed E-state index contributed by atoms with van der Waals surface area (Å²) in [5, 5.41) is 12.4. The molecule has 2 saturated heterocycles. The van der Waals surface area contributed by atoms with Crippen LogP contribution in [-0.2, 0) is 20.1 Å². The molecule has 4 rings (SSSR count). The lowest BCUT2D eigenvalue weighted by Gasteiger charge is -2.34. The second-order valence-electron chi connectivity index (χ2n) is 8.18. The summed E-state index contributed by atoms with van der Waals surface area (Å²) >= 11 is 0. The SMILES string of the molecule is CS(=O)(=O)Oc1ccc(N2CCN(S(C)(=O)=O)CC2)cc1.Oc1ccc(N2CCNCC2)cc1. The number of nitrogens with zero attached hydrogens (tertiary/aromatic N) is 3. The minimum atomic E-state index is -3.53. The van der Waals surface area contributed by atoms with Crippen LogP contribution in [0.5, 0.6) is 11.5 Å². The maximum atomic E-state index is 11.4. The Hall–Kier alpha value is -2.54. The van der Waals surface area contributed by atoms with Crippen molar-refractivity contribution in [1.29, 1.82) is 0 Å². The normalized spacial score (nSPS) is 17.6. The van der Waals surface area contributed by atoms with E-state index < -0.39 is 20.1 Å². The van der Waals surface area contributed by atoms with Crippen LogP contribution in [0.25, 0.3) is 0 Å². The number of phenolic OH excluding ortho intramolecular Hbond substituents is 1. The summed E-state index contributed by atoms with van der Waals surface area (Å²) in [6.45, 7) is 6.26. The molecule has 0 atom stereocenters. The van der Waals surface area contributed by atoms with Gasteiger partial charge < -0.3 is 24.4 Å². The van der Waals surface area contributed by atoms with Crippen molar-refractivity contribution >= 4 is 31.5 Å². The Kier molecular flexibility index (Phi) is 8.63. The predicted octanol–water partition coefficient (Wildman–Crippen LogP) is 0.908. The van der Waals surface area contributed by atoms with Crippen molar-refractivity contribution in [3.8, 4) is 11.5 Å². The van der Waals surface area contributed by atoms with E-state index in [0.717, 1.165) is 38.1 Å². The number of rotatable bonds is 5. The highest BCUT2D eigenvalue weighted by molar-refractivity contribution is 7.88. The summed E-state index contributed by atoms with van der Waals surface area (Å²) in [5.74, 6) is 0.593. The largest absolute Gasteiger partial charge is 0.508 e. The fourth-order valence-corrected chi connectivity index (χ4v) is 5.04. The van der Waals surface area contributed by atoms with Gasteiger partial charge in [-0.1, -0.05) is 0 Å². The van der Waals surface area contributed by atoms with Gasteiger partial charge in [-0.3, -0.25) is 0 Å². The zero-order valence-corrected chi connectivity index (χ0v) is 21.1. The summed E-state index contributed by atoms with van der Waals surface area (Å²) in [4.78, 5) is 4.36. The molecule has 2 aromatic carbocycles. The molecule has 2 fully saturated rings.